The van der Waals surface area contributed by atoms with Gasteiger partial charge in [-0.05, 0) is 33.9 Å². The Balaban J connectivity index is 1.86. The van der Waals surface area contributed by atoms with Gasteiger partial charge in [-0.1, -0.05) is 11.3 Å². The SMILES string of the molecule is Cc1cc(C)n(-c2nc(C)c(C(=O)N3CCN(C)CC3)s2)n1. The van der Waals surface area contributed by atoms with Gasteiger partial charge in [0.25, 0.3) is 5.91 Å². The van der Waals surface area contributed by atoms with Gasteiger partial charge in [0, 0.05) is 31.9 Å². The monoisotopic (exact) mass is 319 g/mol. The predicted molar refractivity (Wildman–Crippen MR) is 86.8 cm³/mol. The number of likely N-dealkylation sites (N-methyl/N-ethyl adjacent to an activating group) is 1. The zero-order chi connectivity index (χ0) is 15.9. The quantitative estimate of drug-likeness (QED) is 0.844. The number of hydrogen-bond acceptors (Lipinski definition) is 5. The summed E-state index contributed by atoms with van der Waals surface area (Å²) in [5.74, 6) is 0.0934. The molecular formula is C15H21N5OS. The first kappa shape index (κ1) is 15.2. The van der Waals surface area contributed by atoms with E-state index >= 15 is 0 Å². The number of rotatable bonds is 2. The highest BCUT2D eigenvalue weighted by Gasteiger charge is 2.25. The van der Waals surface area contributed by atoms with E-state index in [2.05, 4.69) is 22.0 Å². The second-order valence-corrected chi connectivity index (χ2v) is 6.82. The van der Waals surface area contributed by atoms with Crippen LogP contribution in [0.15, 0.2) is 6.07 Å². The molecule has 2 aromatic rings. The van der Waals surface area contributed by atoms with Crippen molar-refractivity contribution < 1.29 is 4.79 Å². The molecule has 2 aromatic heterocycles. The van der Waals surface area contributed by atoms with E-state index in [0.29, 0.717) is 0 Å². The molecule has 6 nitrogen and oxygen atoms in total. The molecule has 1 fully saturated rings. The molecule has 1 saturated heterocycles. The Hall–Kier alpha value is -1.73. The van der Waals surface area contributed by atoms with Crippen LogP contribution in [0.2, 0.25) is 0 Å². The van der Waals surface area contributed by atoms with Crippen molar-refractivity contribution in [2.45, 2.75) is 20.8 Å². The standard InChI is InChI=1S/C15H21N5OS/c1-10-9-11(2)20(17-10)15-16-12(3)13(22-15)14(21)19-7-5-18(4)6-8-19/h9H,5-8H2,1-4H3. The van der Waals surface area contributed by atoms with Gasteiger partial charge >= 0.3 is 0 Å². The van der Waals surface area contributed by atoms with Crippen LogP contribution < -0.4 is 0 Å². The van der Waals surface area contributed by atoms with Crippen LogP contribution in [0.5, 0.6) is 0 Å². The number of thiazole rings is 1. The molecule has 1 amide bonds. The van der Waals surface area contributed by atoms with Gasteiger partial charge in [-0.2, -0.15) is 5.10 Å². The molecule has 1 aliphatic heterocycles. The fourth-order valence-corrected chi connectivity index (χ4v) is 3.69. The van der Waals surface area contributed by atoms with Crippen molar-refractivity contribution in [3.05, 3.63) is 28.0 Å². The molecule has 0 saturated carbocycles. The topological polar surface area (TPSA) is 54.3 Å². The van der Waals surface area contributed by atoms with E-state index in [1.807, 2.05) is 36.4 Å². The molecule has 0 atom stereocenters. The Bertz CT molecular complexity index is 697. The van der Waals surface area contributed by atoms with E-state index in [1.54, 1.807) is 0 Å². The maximum Gasteiger partial charge on any atom is 0.266 e. The first-order valence-electron chi connectivity index (χ1n) is 7.44. The number of amides is 1. The average Bonchev–Trinajstić information content (AvgIpc) is 3.01. The number of carbonyl (C=O) groups is 1. The molecule has 1 aliphatic rings. The number of aryl methyl sites for hydroxylation is 3. The zero-order valence-corrected chi connectivity index (χ0v) is 14.3. The maximum absolute atomic E-state index is 12.7. The van der Waals surface area contributed by atoms with Crippen molar-refractivity contribution in [1.82, 2.24) is 24.6 Å². The fourth-order valence-electron chi connectivity index (χ4n) is 2.65. The van der Waals surface area contributed by atoms with Gasteiger partial charge in [0.05, 0.1) is 11.4 Å². The minimum absolute atomic E-state index is 0.0934. The summed E-state index contributed by atoms with van der Waals surface area (Å²) in [6, 6.07) is 2.01. The number of aromatic nitrogens is 3. The molecule has 3 rings (SSSR count). The molecular weight excluding hydrogens is 298 g/mol. The molecule has 0 radical (unpaired) electrons. The van der Waals surface area contributed by atoms with E-state index in [1.165, 1.54) is 11.3 Å². The summed E-state index contributed by atoms with van der Waals surface area (Å²) in [6.45, 7) is 9.26. The lowest BCUT2D eigenvalue weighted by molar-refractivity contribution is 0.0668. The number of piperazine rings is 1. The fraction of sp³-hybridized carbons (Fsp3) is 0.533. The molecule has 118 valence electrons. The van der Waals surface area contributed by atoms with Gasteiger partial charge in [-0.3, -0.25) is 4.79 Å². The number of carbonyl (C=O) groups excluding carboxylic acids is 1. The van der Waals surface area contributed by atoms with Gasteiger partial charge in [-0.25, -0.2) is 9.67 Å². The lowest BCUT2D eigenvalue weighted by atomic mass is 10.3. The van der Waals surface area contributed by atoms with Crippen LogP contribution >= 0.6 is 11.3 Å². The lowest BCUT2D eigenvalue weighted by Gasteiger charge is -2.32. The molecule has 0 bridgehead atoms. The van der Waals surface area contributed by atoms with E-state index in [9.17, 15) is 4.79 Å². The Morgan fingerprint density at radius 1 is 1.18 bits per heavy atom. The van der Waals surface area contributed by atoms with Gasteiger partial charge in [0.15, 0.2) is 0 Å². The third-order valence-electron chi connectivity index (χ3n) is 3.96. The minimum atomic E-state index is 0.0934. The highest BCUT2D eigenvalue weighted by Crippen LogP contribution is 2.24. The van der Waals surface area contributed by atoms with Crippen LogP contribution in [0.25, 0.3) is 5.13 Å². The second kappa shape index (κ2) is 5.81. The third kappa shape index (κ3) is 2.78. The van der Waals surface area contributed by atoms with Crippen molar-refractivity contribution in [1.29, 1.82) is 0 Å². The normalized spacial score (nSPS) is 16.3. The van der Waals surface area contributed by atoms with Crippen molar-refractivity contribution in [2.24, 2.45) is 0 Å². The highest BCUT2D eigenvalue weighted by atomic mass is 32.1. The Morgan fingerprint density at radius 3 is 2.45 bits per heavy atom. The van der Waals surface area contributed by atoms with Crippen LogP contribution in [0.3, 0.4) is 0 Å². The van der Waals surface area contributed by atoms with E-state index in [0.717, 1.165) is 53.3 Å². The number of hydrogen-bond donors (Lipinski definition) is 0. The Morgan fingerprint density at radius 2 is 1.86 bits per heavy atom. The van der Waals surface area contributed by atoms with E-state index in [4.69, 9.17) is 0 Å². The largest absolute Gasteiger partial charge is 0.335 e. The van der Waals surface area contributed by atoms with Crippen molar-refractivity contribution in [3.8, 4) is 5.13 Å². The van der Waals surface area contributed by atoms with Crippen LogP contribution in [0.4, 0.5) is 0 Å². The summed E-state index contributed by atoms with van der Waals surface area (Å²) in [6.07, 6.45) is 0. The maximum atomic E-state index is 12.7. The summed E-state index contributed by atoms with van der Waals surface area (Å²) < 4.78 is 1.81. The van der Waals surface area contributed by atoms with Crippen LogP contribution in [0, 0.1) is 20.8 Å². The molecule has 22 heavy (non-hydrogen) atoms. The summed E-state index contributed by atoms with van der Waals surface area (Å²) in [7, 11) is 2.08. The van der Waals surface area contributed by atoms with Gasteiger partial charge in [-0.15, -0.1) is 0 Å². The summed E-state index contributed by atoms with van der Waals surface area (Å²) >= 11 is 1.43. The molecule has 0 aromatic carbocycles. The molecule has 7 heteroatoms. The molecule has 0 unspecified atom stereocenters. The zero-order valence-electron chi connectivity index (χ0n) is 13.5. The smallest absolute Gasteiger partial charge is 0.266 e. The predicted octanol–water partition coefficient (Wildman–Crippen LogP) is 1.64. The Labute approximate surface area is 134 Å². The average molecular weight is 319 g/mol. The van der Waals surface area contributed by atoms with Crippen LogP contribution in [-0.2, 0) is 0 Å². The van der Waals surface area contributed by atoms with Crippen LogP contribution in [0.1, 0.15) is 26.8 Å². The molecule has 0 aliphatic carbocycles. The van der Waals surface area contributed by atoms with Crippen molar-refractivity contribution in [3.63, 3.8) is 0 Å². The van der Waals surface area contributed by atoms with Gasteiger partial charge in [0.2, 0.25) is 5.13 Å². The molecule has 0 spiro atoms. The lowest BCUT2D eigenvalue weighted by Crippen LogP contribution is -2.47. The first-order valence-corrected chi connectivity index (χ1v) is 8.26. The minimum Gasteiger partial charge on any atom is -0.335 e. The van der Waals surface area contributed by atoms with E-state index in [-0.39, 0.29) is 5.91 Å². The van der Waals surface area contributed by atoms with E-state index < -0.39 is 0 Å². The van der Waals surface area contributed by atoms with Crippen molar-refractivity contribution in [2.75, 3.05) is 33.2 Å². The van der Waals surface area contributed by atoms with Crippen LogP contribution in [-0.4, -0.2) is 63.7 Å². The number of nitrogens with zero attached hydrogens (tertiary/aromatic N) is 5. The molecule has 0 N–H and O–H groups in total. The van der Waals surface area contributed by atoms with Gasteiger partial charge in [0.1, 0.15) is 4.88 Å². The first-order chi connectivity index (χ1) is 10.5. The third-order valence-corrected chi connectivity index (χ3v) is 5.08. The highest BCUT2D eigenvalue weighted by molar-refractivity contribution is 7.16. The summed E-state index contributed by atoms with van der Waals surface area (Å²) in [5.41, 5.74) is 2.78. The summed E-state index contributed by atoms with van der Waals surface area (Å²) in [5, 5.41) is 5.21. The summed E-state index contributed by atoms with van der Waals surface area (Å²) in [4.78, 5) is 22.1. The van der Waals surface area contributed by atoms with Gasteiger partial charge < -0.3 is 9.80 Å². The molecule has 3 heterocycles. The van der Waals surface area contributed by atoms with Crippen molar-refractivity contribution >= 4 is 17.2 Å². The second-order valence-electron chi connectivity index (χ2n) is 5.85. The Kier molecular flexibility index (Phi) is 4.01.